The molecule has 2 N–H and O–H groups in total. The Hall–Kier alpha value is -2.14. The summed E-state index contributed by atoms with van der Waals surface area (Å²) in [5, 5.41) is 6.54. The molecule has 4 nitrogen and oxygen atoms in total. The lowest BCUT2D eigenvalue weighted by Gasteiger charge is -2.02. The lowest BCUT2D eigenvalue weighted by Crippen LogP contribution is -2.14. The van der Waals surface area contributed by atoms with Crippen molar-refractivity contribution < 1.29 is 4.79 Å². The van der Waals surface area contributed by atoms with E-state index < -0.39 is 0 Å². The van der Waals surface area contributed by atoms with Gasteiger partial charge in [-0.3, -0.25) is 4.79 Å². The number of anilines is 1. The van der Waals surface area contributed by atoms with Gasteiger partial charge in [0.25, 0.3) is 0 Å². The van der Waals surface area contributed by atoms with Crippen LogP contribution in [0.3, 0.4) is 0 Å². The Morgan fingerprint density at radius 3 is 2.95 bits per heavy atom. The van der Waals surface area contributed by atoms with Crippen molar-refractivity contribution in [3.8, 4) is 0 Å². The molecule has 0 atom stereocenters. The Bertz CT molecular complexity index is 772. The van der Waals surface area contributed by atoms with E-state index in [1.54, 1.807) is 0 Å². The fourth-order valence-electron chi connectivity index (χ4n) is 2.20. The second-order valence-electron chi connectivity index (χ2n) is 4.89. The number of aryl methyl sites for hydroxylation is 2. The first-order valence-electron chi connectivity index (χ1n) is 6.40. The van der Waals surface area contributed by atoms with Crippen LogP contribution in [-0.4, -0.2) is 15.9 Å². The first-order valence-corrected chi connectivity index (χ1v) is 7.28. The van der Waals surface area contributed by atoms with Crippen LogP contribution in [0.15, 0.2) is 29.6 Å². The lowest BCUT2D eigenvalue weighted by atomic mass is 10.1. The van der Waals surface area contributed by atoms with Crippen molar-refractivity contribution >= 4 is 33.3 Å². The maximum absolute atomic E-state index is 12.0. The van der Waals surface area contributed by atoms with Gasteiger partial charge in [0.15, 0.2) is 5.13 Å². The molecule has 0 spiro atoms. The van der Waals surface area contributed by atoms with Crippen molar-refractivity contribution in [3.63, 3.8) is 0 Å². The topological polar surface area (TPSA) is 57.8 Å². The molecule has 1 amide bonds. The molecule has 0 aliphatic rings. The zero-order valence-corrected chi connectivity index (χ0v) is 12.2. The highest BCUT2D eigenvalue weighted by atomic mass is 32.1. The number of benzene rings is 1. The van der Waals surface area contributed by atoms with Crippen LogP contribution in [0.1, 0.15) is 17.0 Å². The van der Waals surface area contributed by atoms with Gasteiger partial charge in [0.05, 0.1) is 12.1 Å². The monoisotopic (exact) mass is 285 g/mol. The van der Waals surface area contributed by atoms with Gasteiger partial charge in [-0.2, -0.15) is 0 Å². The molecule has 0 fully saturated rings. The average molecular weight is 285 g/mol. The molecule has 0 bridgehead atoms. The second-order valence-corrected chi connectivity index (χ2v) is 5.75. The Kier molecular flexibility index (Phi) is 3.28. The second kappa shape index (κ2) is 5.09. The van der Waals surface area contributed by atoms with Gasteiger partial charge in [0.1, 0.15) is 0 Å². The Balaban J connectivity index is 1.73. The van der Waals surface area contributed by atoms with E-state index in [1.165, 1.54) is 11.3 Å². The number of amides is 1. The molecule has 0 unspecified atom stereocenters. The number of nitrogens with one attached hydrogen (secondary N) is 2. The lowest BCUT2D eigenvalue weighted by molar-refractivity contribution is -0.115. The van der Waals surface area contributed by atoms with Crippen molar-refractivity contribution in [1.29, 1.82) is 0 Å². The van der Waals surface area contributed by atoms with Crippen LogP contribution < -0.4 is 5.32 Å². The van der Waals surface area contributed by atoms with Crippen LogP contribution in [0, 0.1) is 13.8 Å². The summed E-state index contributed by atoms with van der Waals surface area (Å²) in [4.78, 5) is 19.5. The number of H-pyrrole nitrogens is 1. The smallest absolute Gasteiger partial charge is 0.230 e. The summed E-state index contributed by atoms with van der Waals surface area (Å²) in [5.41, 5.74) is 4.15. The molecule has 0 aliphatic heterocycles. The predicted octanol–water partition coefficient (Wildman–Crippen LogP) is 3.42. The number of thiazole rings is 1. The molecule has 5 heteroatoms. The van der Waals surface area contributed by atoms with Crippen LogP contribution >= 0.6 is 11.3 Å². The Labute approximate surface area is 120 Å². The van der Waals surface area contributed by atoms with E-state index in [1.807, 2.05) is 37.4 Å². The van der Waals surface area contributed by atoms with E-state index in [0.717, 1.165) is 27.9 Å². The van der Waals surface area contributed by atoms with Crippen LogP contribution in [0.25, 0.3) is 10.9 Å². The number of nitrogens with zero attached hydrogens (tertiary/aromatic N) is 1. The SMILES string of the molecule is Cc1csc(NC(=O)Cc2ccc3[nH]c(C)cc3c2)n1. The molecule has 0 aliphatic carbocycles. The molecule has 0 saturated heterocycles. The average Bonchev–Trinajstić information content (AvgIpc) is 2.93. The van der Waals surface area contributed by atoms with Gasteiger partial charge < -0.3 is 10.3 Å². The number of rotatable bonds is 3. The van der Waals surface area contributed by atoms with Gasteiger partial charge in [-0.1, -0.05) is 6.07 Å². The van der Waals surface area contributed by atoms with Crippen LogP contribution in [-0.2, 0) is 11.2 Å². The molecule has 102 valence electrons. The number of fused-ring (bicyclic) bond motifs is 1. The first kappa shape index (κ1) is 12.9. The van der Waals surface area contributed by atoms with Gasteiger partial charge in [0.2, 0.25) is 5.91 Å². The van der Waals surface area contributed by atoms with E-state index in [4.69, 9.17) is 0 Å². The summed E-state index contributed by atoms with van der Waals surface area (Å²) in [6, 6.07) is 8.12. The first-order chi connectivity index (χ1) is 9.60. The highest BCUT2D eigenvalue weighted by Crippen LogP contribution is 2.18. The van der Waals surface area contributed by atoms with E-state index >= 15 is 0 Å². The molecular formula is C15H15N3OS. The normalized spacial score (nSPS) is 10.9. The van der Waals surface area contributed by atoms with Crippen molar-refractivity contribution in [1.82, 2.24) is 9.97 Å². The van der Waals surface area contributed by atoms with Crippen molar-refractivity contribution in [2.75, 3.05) is 5.32 Å². The summed E-state index contributed by atoms with van der Waals surface area (Å²) >= 11 is 1.45. The van der Waals surface area contributed by atoms with Crippen molar-refractivity contribution in [2.45, 2.75) is 20.3 Å². The van der Waals surface area contributed by atoms with Crippen molar-refractivity contribution in [2.24, 2.45) is 0 Å². The molecule has 20 heavy (non-hydrogen) atoms. The van der Waals surface area contributed by atoms with E-state index in [0.29, 0.717) is 11.6 Å². The summed E-state index contributed by atoms with van der Waals surface area (Å²) in [5.74, 6) is -0.0362. The molecule has 2 aromatic heterocycles. The largest absolute Gasteiger partial charge is 0.359 e. The third-order valence-corrected chi connectivity index (χ3v) is 3.93. The minimum Gasteiger partial charge on any atom is -0.359 e. The molecule has 1 aromatic carbocycles. The highest BCUT2D eigenvalue weighted by molar-refractivity contribution is 7.13. The van der Waals surface area contributed by atoms with Gasteiger partial charge in [-0.05, 0) is 43.0 Å². The maximum atomic E-state index is 12.0. The van der Waals surface area contributed by atoms with E-state index in [2.05, 4.69) is 21.4 Å². The fraction of sp³-hybridized carbons (Fsp3) is 0.200. The zero-order chi connectivity index (χ0) is 14.1. The van der Waals surface area contributed by atoms with E-state index in [-0.39, 0.29) is 5.91 Å². The van der Waals surface area contributed by atoms with Crippen molar-refractivity contribution in [3.05, 3.63) is 46.6 Å². The summed E-state index contributed by atoms with van der Waals surface area (Å²) < 4.78 is 0. The third kappa shape index (κ3) is 2.72. The number of aromatic nitrogens is 2. The maximum Gasteiger partial charge on any atom is 0.230 e. The molecular weight excluding hydrogens is 270 g/mol. The molecule has 3 aromatic rings. The zero-order valence-electron chi connectivity index (χ0n) is 11.4. The Morgan fingerprint density at radius 1 is 1.35 bits per heavy atom. The molecule has 0 radical (unpaired) electrons. The minimum atomic E-state index is -0.0362. The number of carbonyl (C=O) groups is 1. The van der Waals surface area contributed by atoms with Gasteiger partial charge in [0, 0.05) is 16.6 Å². The van der Waals surface area contributed by atoms with Gasteiger partial charge >= 0.3 is 0 Å². The molecule has 3 rings (SSSR count). The summed E-state index contributed by atoms with van der Waals surface area (Å²) in [6.07, 6.45) is 0.360. The molecule has 0 saturated carbocycles. The summed E-state index contributed by atoms with van der Waals surface area (Å²) in [7, 11) is 0. The van der Waals surface area contributed by atoms with Crippen LogP contribution in [0.4, 0.5) is 5.13 Å². The van der Waals surface area contributed by atoms with Gasteiger partial charge in [-0.25, -0.2) is 4.98 Å². The summed E-state index contributed by atoms with van der Waals surface area (Å²) in [6.45, 7) is 3.94. The number of aromatic amines is 1. The number of hydrogen-bond donors (Lipinski definition) is 2. The van der Waals surface area contributed by atoms with Gasteiger partial charge in [-0.15, -0.1) is 11.3 Å². The van der Waals surface area contributed by atoms with Crippen LogP contribution in [0.2, 0.25) is 0 Å². The molecule has 2 heterocycles. The van der Waals surface area contributed by atoms with Crippen LogP contribution in [0.5, 0.6) is 0 Å². The minimum absolute atomic E-state index is 0.0362. The third-order valence-electron chi connectivity index (χ3n) is 3.05. The quantitative estimate of drug-likeness (QED) is 0.774. The standard InChI is InChI=1S/C15H15N3OS/c1-9-5-12-6-11(3-4-13(12)16-9)7-14(19)18-15-17-10(2)8-20-15/h3-6,8,16H,7H2,1-2H3,(H,17,18,19). The number of hydrogen-bond acceptors (Lipinski definition) is 3. The Morgan fingerprint density at radius 2 is 2.20 bits per heavy atom. The number of carbonyl (C=O) groups excluding carboxylic acids is 1. The predicted molar refractivity (Wildman–Crippen MR) is 82.2 cm³/mol. The van der Waals surface area contributed by atoms with E-state index in [9.17, 15) is 4.79 Å². The fourth-order valence-corrected chi connectivity index (χ4v) is 2.90. The highest BCUT2D eigenvalue weighted by Gasteiger charge is 2.07.